The van der Waals surface area contributed by atoms with E-state index in [9.17, 15) is 5.11 Å². The summed E-state index contributed by atoms with van der Waals surface area (Å²) in [6.45, 7) is 13.5. The van der Waals surface area contributed by atoms with E-state index in [2.05, 4.69) is 41.5 Å². The minimum absolute atomic E-state index is 0.0816. The van der Waals surface area contributed by atoms with Gasteiger partial charge in [-0.05, 0) is 23.2 Å². The lowest BCUT2D eigenvalue weighted by molar-refractivity contribution is 0.0511. The molecule has 1 atom stereocenters. The standard InChI is InChI=1S/C11H24O/c1-9(2)11(6,8-12)7-10(3,4)5/h9,12H,7-8H2,1-6H3. The maximum atomic E-state index is 9.32. The van der Waals surface area contributed by atoms with Gasteiger partial charge in [0.05, 0.1) is 0 Å². The molecule has 1 unspecified atom stereocenters. The molecule has 0 aromatic rings. The first-order valence-corrected chi connectivity index (χ1v) is 4.82. The molecule has 1 nitrogen and oxygen atoms in total. The van der Waals surface area contributed by atoms with Crippen LogP contribution in [0.5, 0.6) is 0 Å². The van der Waals surface area contributed by atoms with Crippen molar-refractivity contribution < 1.29 is 5.11 Å². The van der Waals surface area contributed by atoms with Crippen LogP contribution in [-0.2, 0) is 0 Å². The van der Waals surface area contributed by atoms with Crippen molar-refractivity contribution in [3.05, 3.63) is 0 Å². The van der Waals surface area contributed by atoms with E-state index in [0.717, 1.165) is 6.42 Å². The van der Waals surface area contributed by atoms with E-state index in [-0.39, 0.29) is 5.41 Å². The minimum Gasteiger partial charge on any atom is -0.396 e. The van der Waals surface area contributed by atoms with Gasteiger partial charge < -0.3 is 5.11 Å². The van der Waals surface area contributed by atoms with Crippen molar-refractivity contribution in [3.8, 4) is 0 Å². The van der Waals surface area contributed by atoms with Gasteiger partial charge in [0.2, 0.25) is 0 Å². The quantitative estimate of drug-likeness (QED) is 0.693. The SMILES string of the molecule is CC(C)C(C)(CO)CC(C)(C)C. The Morgan fingerprint density at radius 2 is 1.50 bits per heavy atom. The van der Waals surface area contributed by atoms with Gasteiger partial charge in [0.1, 0.15) is 0 Å². The second-order valence-electron chi connectivity index (χ2n) is 5.70. The molecule has 0 saturated heterocycles. The molecule has 0 rings (SSSR count). The van der Waals surface area contributed by atoms with Crippen LogP contribution >= 0.6 is 0 Å². The number of aliphatic hydroxyl groups excluding tert-OH is 1. The molecule has 0 saturated carbocycles. The molecular formula is C11H24O. The van der Waals surface area contributed by atoms with E-state index < -0.39 is 0 Å². The van der Waals surface area contributed by atoms with Gasteiger partial charge in [0, 0.05) is 6.61 Å². The lowest BCUT2D eigenvalue weighted by Gasteiger charge is -2.37. The van der Waals surface area contributed by atoms with E-state index in [0.29, 0.717) is 17.9 Å². The normalized spacial score (nSPS) is 18.0. The smallest absolute Gasteiger partial charge is 0.0487 e. The summed E-state index contributed by atoms with van der Waals surface area (Å²) in [4.78, 5) is 0. The molecule has 1 N–H and O–H groups in total. The average Bonchev–Trinajstić information content (AvgIpc) is 1.83. The fourth-order valence-corrected chi connectivity index (χ4v) is 1.65. The first-order valence-electron chi connectivity index (χ1n) is 4.82. The van der Waals surface area contributed by atoms with Crippen LogP contribution < -0.4 is 0 Å². The third-order valence-electron chi connectivity index (χ3n) is 2.69. The number of hydrogen-bond acceptors (Lipinski definition) is 1. The number of hydrogen-bond donors (Lipinski definition) is 1. The summed E-state index contributed by atoms with van der Waals surface area (Å²) in [5, 5.41) is 9.32. The summed E-state index contributed by atoms with van der Waals surface area (Å²) in [5.74, 6) is 0.543. The zero-order valence-electron chi connectivity index (χ0n) is 9.44. The van der Waals surface area contributed by atoms with E-state index in [1.807, 2.05) is 0 Å². The van der Waals surface area contributed by atoms with E-state index >= 15 is 0 Å². The van der Waals surface area contributed by atoms with Crippen molar-refractivity contribution >= 4 is 0 Å². The molecule has 0 aliphatic heterocycles. The Balaban J connectivity index is 4.35. The summed E-state index contributed by atoms with van der Waals surface area (Å²) >= 11 is 0. The van der Waals surface area contributed by atoms with Crippen LogP contribution in [0.4, 0.5) is 0 Å². The monoisotopic (exact) mass is 172 g/mol. The van der Waals surface area contributed by atoms with E-state index in [1.54, 1.807) is 0 Å². The minimum atomic E-state index is 0.0816. The number of rotatable bonds is 3. The molecule has 1 heteroatoms. The predicted octanol–water partition coefficient (Wildman–Crippen LogP) is 3.08. The predicted molar refractivity (Wildman–Crippen MR) is 54.1 cm³/mol. The molecule has 0 aromatic heterocycles. The summed E-state index contributed by atoms with van der Waals surface area (Å²) in [5.41, 5.74) is 0.389. The van der Waals surface area contributed by atoms with Gasteiger partial charge in [-0.1, -0.05) is 41.5 Å². The summed E-state index contributed by atoms with van der Waals surface area (Å²) < 4.78 is 0. The molecular weight excluding hydrogens is 148 g/mol. The van der Waals surface area contributed by atoms with E-state index in [4.69, 9.17) is 0 Å². The Labute approximate surface area is 77.2 Å². The van der Waals surface area contributed by atoms with E-state index in [1.165, 1.54) is 0 Å². The second-order valence-corrected chi connectivity index (χ2v) is 5.70. The molecule has 12 heavy (non-hydrogen) atoms. The highest BCUT2D eigenvalue weighted by atomic mass is 16.3. The second kappa shape index (κ2) is 3.78. The van der Waals surface area contributed by atoms with Gasteiger partial charge in [-0.3, -0.25) is 0 Å². The molecule has 74 valence electrons. The fraction of sp³-hybridized carbons (Fsp3) is 1.00. The Morgan fingerprint density at radius 3 is 1.58 bits per heavy atom. The van der Waals surface area contributed by atoms with Crippen molar-refractivity contribution in [2.45, 2.75) is 48.0 Å². The first kappa shape index (κ1) is 12.0. The maximum absolute atomic E-state index is 9.32. The fourth-order valence-electron chi connectivity index (χ4n) is 1.65. The highest BCUT2D eigenvalue weighted by molar-refractivity contribution is 4.82. The van der Waals surface area contributed by atoms with Crippen LogP contribution in [-0.4, -0.2) is 11.7 Å². The van der Waals surface area contributed by atoms with Crippen LogP contribution in [0.3, 0.4) is 0 Å². The van der Waals surface area contributed by atoms with Gasteiger partial charge in [-0.25, -0.2) is 0 Å². The van der Waals surface area contributed by atoms with Crippen LogP contribution in [0, 0.1) is 16.7 Å². The van der Waals surface area contributed by atoms with Crippen molar-refractivity contribution in [3.63, 3.8) is 0 Å². The Morgan fingerprint density at radius 1 is 1.08 bits per heavy atom. The molecule has 0 aliphatic rings. The van der Waals surface area contributed by atoms with Crippen molar-refractivity contribution in [1.29, 1.82) is 0 Å². The number of aliphatic hydroxyl groups is 1. The molecule has 0 spiro atoms. The summed E-state index contributed by atoms with van der Waals surface area (Å²) in [6.07, 6.45) is 1.08. The molecule has 0 amide bonds. The van der Waals surface area contributed by atoms with Crippen molar-refractivity contribution in [1.82, 2.24) is 0 Å². The third-order valence-corrected chi connectivity index (χ3v) is 2.69. The Hall–Kier alpha value is -0.0400. The topological polar surface area (TPSA) is 20.2 Å². The van der Waals surface area contributed by atoms with Crippen LogP contribution in [0.2, 0.25) is 0 Å². The average molecular weight is 172 g/mol. The molecule has 0 radical (unpaired) electrons. The summed E-state index contributed by atoms with van der Waals surface area (Å²) in [6, 6.07) is 0. The molecule has 0 heterocycles. The lowest BCUT2D eigenvalue weighted by Crippen LogP contribution is -2.32. The first-order chi connectivity index (χ1) is 5.21. The van der Waals surface area contributed by atoms with Crippen LogP contribution in [0.15, 0.2) is 0 Å². The highest BCUT2D eigenvalue weighted by Crippen LogP contribution is 2.38. The molecule has 0 aromatic carbocycles. The molecule has 0 bridgehead atoms. The van der Waals surface area contributed by atoms with Gasteiger partial charge in [-0.15, -0.1) is 0 Å². The van der Waals surface area contributed by atoms with Gasteiger partial charge in [0.25, 0.3) is 0 Å². The largest absolute Gasteiger partial charge is 0.396 e. The molecule has 0 aliphatic carbocycles. The highest BCUT2D eigenvalue weighted by Gasteiger charge is 2.32. The third kappa shape index (κ3) is 3.57. The van der Waals surface area contributed by atoms with Gasteiger partial charge in [0.15, 0.2) is 0 Å². The summed E-state index contributed by atoms with van der Waals surface area (Å²) in [7, 11) is 0. The Bertz CT molecular complexity index is 132. The zero-order chi connectivity index (χ0) is 9.99. The van der Waals surface area contributed by atoms with Crippen LogP contribution in [0.1, 0.15) is 48.0 Å². The Kier molecular flexibility index (Phi) is 3.77. The lowest BCUT2D eigenvalue weighted by atomic mass is 9.69. The van der Waals surface area contributed by atoms with Crippen molar-refractivity contribution in [2.75, 3.05) is 6.61 Å². The zero-order valence-corrected chi connectivity index (χ0v) is 9.44. The van der Waals surface area contributed by atoms with Crippen LogP contribution in [0.25, 0.3) is 0 Å². The van der Waals surface area contributed by atoms with Crippen molar-refractivity contribution in [2.24, 2.45) is 16.7 Å². The van der Waals surface area contributed by atoms with Gasteiger partial charge in [-0.2, -0.15) is 0 Å². The van der Waals surface area contributed by atoms with Gasteiger partial charge >= 0.3 is 0 Å². The maximum Gasteiger partial charge on any atom is 0.0487 e. The molecule has 0 fully saturated rings.